The fraction of sp³-hybridized carbons (Fsp3) is 0.500. The summed E-state index contributed by atoms with van der Waals surface area (Å²) in [6.45, 7) is -0.390. The molecular formula is C16H18F3N3O2. The van der Waals surface area contributed by atoms with Gasteiger partial charge in [0.15, 0.2) is 5.41 Å². The molecule has 0 amide bonds. The van der Waals surface area contributed by atoms with Crippen molar-refractivity contribution in [2.24, 2.45) is 5.41 Å². The van der Waals surface area contributed by atoms with Gasteiger partial charge in [0.25, 0.3) is 0 Å². The molecule has 130 valence electrons. The first-order valence-corrected chi connectivity index (χ1v) is 7.33. The normalized spacial score (nSPS) is 21.5. The lowest BCUT2D eigenvalue weighted by molar-refractivity contribution is -0.227. The van der Waals surface area contributed by atoms with Crippen LogP contribution in [0, 0.1) is 16.7 Å². The number of alkyl halides is 3. The van der Waals surface area contributed by atoms with Gasteiger partial charge in [-0.25, -0.2) is 0 Å². The zero-order valence-corrected chi connectivity index (χ0v) is 13.4. The van der Waals surface area contributed by atoms with Crippen LogP contribution in [-0.2, 0) is 11.3 Å². The van der Waals surface area contributed by atoms with Crippen molar-refractivity contribution in [3.63, 3.8) is 0 Å². The quantitative estimate of drug-likeness (QED) is 0.911. The SMILES string of the molecule is CN(C)c1ccc(C#N)cc1CN1CCC(C(=O)O)(C(F)(F)F)C1. The summed E-state index contributed by atoms with van der Waals surface area (Å²) in [6.07, 6.45) is -5.27. The molecule has 1 unspecified atom stereocenters. The molecule has 0 aliphatic carbocycles. The Morgan fingerprint density at radius 2 is 2.12 bits per heavy atom. The lowest BCUT2D eigenvalue weighted by Gasteiger charge is -2.28. The lowest BCUT2D eigenvalue weighted by Crippen LogP contribution is -2.47. The molecule has 1 heterocycles. The Morgan fingerprint density at radius 3 is 2.58 bits per heavy atom. The van der Waals surface area contributed by atoms with Gasteiger partial charge >= 0.3 is 12.1 Å². The summed E-state index contributed by atoms with van der Waals surface area (Å²) in [5.41, 5.74) is -0.829. The van der Waals surface area contributed by atoms with Crippen LogP contribution in [0.3, 0.4) is 0 Å². The zero-order chi connectivity index (χ0) is 18.1. The maximum absolute atomic E-state index is 13.2. The van der Waals surface area contributed by atoms with E-state index in [1.165, 1.54) is 4.90 Å². The van der Waals surface area contributed by atoms with Crippen molar-refractivity contribution in [1.82, 2.24) is 4.90 Å². The molecule has 1 fully saturated rings. The molecule has 0 saturated carbocycles. The van der Waals surface area contributed by atoms with E-state index in [1.807, 2.05) is 6.07 Å². The van der Waals surface area contributed by atoms with Gasteiger partial charge in [-0.3, -0.25) is 9.69 Å². The molecule has 0 radical (unpaired) electrons. The van der Waals surface area contributed by atoms with Gasteiger partial charge in [-0.1, -0.05) is 0 Å². The Hall–Kier alpha value is -2.27. The number of hydrogen-bond acceptors (Lipinski definition) is 4. The van der Waals surface area contributed by atoms with E-state index in [1.54, 1.807) is 37.2 Å². The van der Waals surface area contributed by atoms with E-state index in [4.69, 9.17) is 10.4 Å². The molecule has 1 N–H and O–H groups in total. The first-order chi connectivity index (χ1) is 11.1. The van der Waals surface area contributed by atoms with Gasteiger partial charge in [-0.15, -0.1) is 0 Å². The van der Waals surface area contributed by atoms with Crippen molar-refractivity contribution >= 4 is 11.7 Å². The van der Waals surface area contributed by atoms with Crippen LogP contribution in [0.4, 0.5) is 18.9 Å². The van der Waals surface area contributed by atoms with Crippen LogP contribution in [0.1, 0.15) is 17.5 Å². The Balaban J connectivity index is 2.28. The van der Waals surface area contributed by atoms with Crippen molar-refractivity contribution in [3.05, 3.63) is 29.3 Å². The molecule has 24 heavy (non-hydrogen) atoms. The van der Waals surface area contributed by atoms with Crippen molar-refractivity contribution in [3.8, 4) is 6.07 Å². The lowest BCUT2D eigenvalue weighted by atomic mass is 9.86. The van der Waals surface area contributed by atoms with Crippen LogP contribution >= 0.6 is 0 Å². The monoisotopic (exact) mass is 341 g/mol. The molecule has 0 bridgehead atoms. The molecule has 1 aromatic rings. The van der Waals surface area contributed by atoms with Crippen LogP contribution < -0.4 is 4.90 Å². The largest absolute Gasteiger partial charge is 0.481 e. The predicted molar refractivity (Wildman–Crippen MR) is 81.5 cm³/mol. The molecule has 1 aromatic carbocycles. The van der Waals surface area contributed by atoms with Crippen molar-refractivity contribution in [1.29, 1.82) is 5.26 Å². The number of likely N-dealkylation sites (tertiary alicyclic amines) is 1. The van der Waals surface area contributed by atoms with E-state index >= 15 is 0 Å². The van der Waals surface area contributed by atoms with Gasteiger partial charge < -0.3 is 10.0 Å². The third-order valence-corrected chi connectivity index (χ3v) is 4.38. The average molecular weight is 341 g/mol. The number of aliphatic carboxylic acids is 1. The molecule has 8 heteroatoms. The Labute approximate surface area is 137 Å². The number of nitrogens with zero attached hydrogens (tertiary/aromatic N) is 3. The highest BCUT2D eigenvalue weighted by atomic mass is 19.4. The number of hydrogen-bond donors (Lipinski definition) is 1. The predicted octanol–water partition coefficient (Wildman–Crippen LogP) is 2.46. The number of carboxylic acids is 1. The first kappa shape index (κ1) is 18.1. The molecule has 0 spiro atoms. The highest BCUT2D eigenvalue weighted by Gasteiger charge is 2.63. The molecule has 0 aromatic heterocycles. The van der Waals surface area contributed by atoms with E-state index < -0.39 is 30.5 Å². The van der Waals surface area contributed by atoms with E-state index in [-0.39, 0.29) is 13.1 Å². The van der Waals surface area contributed by atoms with Gasteiger partial charge in [-0.2, -0.15) is 18.4 Å². The number of carboxylic acid groups (broad SMARTS) is 1. The van der Waals surface area contributed by atoms with Gasteiger partial charge in [-0.05, 0) is 30.2 Å². The third-order valence-electron chi connectivity index (χ3n) is 4.38. The fourth-order valence-corrected chi connectivity index (χ4v) is 3.01. The van der Waals surface area contributed by atoms with Gasteiger partial charge in [0.2, 0.25) is 0 Å². The van der Waals surface area contributed by atoms with Crippen LogP contribution in [0.25, 0.3) is 0 Å². The Morgan fingerprint density at radius 1 is 1.46 bits per heavy atom. The fourth-order valence-electron chi connectivity index (χ4n) is 3.01. The Bertz CT molecular complexity index is 682. The van der Waals surface area contributed by atoms with Gasteiger partial charge in [0.1, 0.15) is 0 Å². The minimum Gasteiger partial charge on any atom is -0.481 e. The summed E-state index contributed by atoms with van der Waals surface area (Å²) in [6, 6.07) is 7.01. The second-order valence-corrected chi connectivity index (χ2v) is 6.20. The van der Waals surface area contributed by atoms with Crippen molar-refractivity contribution in [2.45, 2.75) is 19.1 Å². The second-order valence-electron chi connectivity index (χ2n) is 6.20. The highest BCUT2D eigenvalue weighted by Crippen LogP contribution is 2.46. The average Bonchev–Trinajstić information content (AvgIpc) is 2.92. The molecule has 1 atom stereocenters. The molecule has 5 nitrogen and oxygen atoms in total. The topological polar surface area (TPSA) is 67.6 Å². The third kappa shape index (κ3) is 3.17. The molecule has 1 aliphatic rings. The summed E-state index contributed by atoms with van der Waals surface area (Å²) in [4.78, 5) is 14.5. The highest BCUT2D eigenvalue weighted by molar-refractivity contribution is 5.76. The van der Waals surface area contributed by atoms with Gasteiger partial charge in [0.05, 0.1) is 11.6 Å². The minimum absolute atomic E-state index is 0.0372. The van der Waals surface area contributed by atoms with Crippen molar-refractivity contribution in [2.75, 3.05) is 32.1 Å². The summed E-state index contributed by atoms with van der Waals surface area (Å²) >= 11 is 0. The van der Waals surface area contributed by atoms with E-state index in [0.29, 0.717) is 11.1 Å². The van der Waals surface area contributed by atoms with Gasteiger partial charge in [0, 0.05) is 39.4 Å². The van der Waals surface area contributed by atoms with Crippen LogP contribution in [0.5, 0.6) is 0 Å². The number of benzene rings is 1. The van der Waals surface area contributed by atoms with Crippen LogP contribution in [0.2, 0.25) is 0 Å². The molecule has 1 aliphatic heterocycles. The summed E-state index contributed by atoms with van der Waals surface area (Å²) < 4.78 is 39.7. The minimum atomic E-state index is -4.80. The smallest absolute Gasteiger partial charge is 0.406 e. The summed E-state index contributed by atoms with van der Waals surface area (Å²) in [5.74, 6) is -1.84. The Kier molecular flexibility index (Phi) is 4.76. The summed E-state index contributed by atoms with van der Waals surface area (Å²) in [7, 11) is 3.60. The number of halogens is 3. The maximum Gasteiger partial charge on any atom is 0.406 e. The first-order valence-electron chi connectivity index (χ1n) is 7.33. The van der Waals surface area contributed by atoms with E-state index in [2.05, 4.69) is 0 Å². The molecular weight excluding hydrogens is 323 g/mol. The summed E-state index contributed by atoms with van der Waals surface area (Å²) in [5, 5.41) is 18.1. The van der Waals surface area contributed by atoms with Crippen LogP contribution in [0.15, 0.2) is 18.2 Å². The standard InChI is InChI=1S/C16H18F3N3O2/c1-21(2)13-4-3-11(8-20)7-12(13)9-22-6-5-15(10-22,14(23)24)16(17,18)19/h3-4,7H,5-6,9-10H2,1-2H3,(H,23,24). The number of anilines is 1. The molecule has 1 saturated heterocycles. The van der Waals surface area contributed by atoms with Crippen molar-refractivity contribution < 1.29 is 23.1 Å². The van der Waals surface area contributed by atoms with E-state index in [9.17, 15) is 18.0 Å². The number of nitriles is 1. The number of rotatable bonds is 4. The maximum atomic E-state index is 13.2. The van der Waals surface area contributed by atoms with E-state index in [0.717, 1.165) is 5.69 Å². The molecule has 2 rings (SSSR count). The number of carbonyl (C=O) groups is 1. The second kappa shape index (κ2) is 6.32. The van der Waals surface area contributed by atoms with Crippen LogP contribution in [-0.4, -0.2) is 49.3 Å². The zero-order valence-electron chi connectivity index (χ0n) is 13.4.